The molecule has 2 rings (SSSR count). The van der Waals surface area contributed by atoms with Gasteiger partial charge < -0.3 is 15.0 Å². The smallest absolute Gasteiger partial charge is 0.310 e. The minimum Gasteiger partial charge on any atom is -0.466 e. The lowest BCUT2D eigenvalue weighted by molar-refractivity contribution is -0.149. The van der Waals surface area contributed by atoms with Crippen molar-refractivity contribution in [3.63, 3.8) is 0 Å². The second kappa shape index (κ2) is 9.13. The van der Waals surface area contributed by atoms with Crippen molar-refractivity contribution in [2.75, 3.05) is 33.3 Å². The van der Waals surface area contributed by atoms with Gasteiger partial charge in [-0.05, 0) is 38.3 Å². The Morgan fingerprint density at radius 1 is 1.57 bits per heavy atom. The van der Waals surface area contributed by atoms with E-state index >= 15 is 0 Å². The second-order valence-corrected chi connectivity index (χ2v) is 7.27. The summed E-state index contributed by atoms with van der Waals surface area (Å²) in [7, 11) is 1.78. The molecule has 1 saturated heterocycles. The van der Waals surface area contributed by atoms with Crippen molar-refractivity contribution in [3.8, 4) is 0 Å². The van der Waals surface area contributed by atoms with Gasteiger partial charge in [-0.1, -0.05) is 11.6 Å². The van der Waals surface area contributed by atoms with Gasteiger partial charge in [0.25, 0.3) is 0 Å². The number of carbonyl (C=O) groups is 1. The Kier molecular flexibility index (Phi) is 7.17. The summed E-state index contributed by atoms with van der Waals surface area (Å²) >= 11 is 7.55. The first-order valence-corrected chi connectivity index (χ1v) is 9.20. The fraction of sp³-hybridized carbons (Fsp3) is 0.625. The molecule has 0 aliphatic carbocycles. The number of nitrogens with one attached hydrogen (secondary N) is 1. The highest BCUT2D eigenvalue weighted by Crippen LogP contribution is 2.21. The van der Waals surface area contributed by atoms with Crippen LogP contribution in [0.4, 0.5) is 0 Å². The summed E-state index contributed by atoms with van der Waals surface area (Å²) in [5, 5.41) is 3.38. The largest absolute Gasteiger partial charge is 0.466 e. The van der Waals surface area contributed by atoms with E-state index in [4.69, 9.17) is 16.3 Å². The predicted molar refractivity (Wildman–Crippen MR) is 95.3 cm³/mol. The van der Waals surface area contributed by atoms with E-state index in [-0.39, 0.29) is 11.9 Å². The molecule has 1 fully saturated rings. The maximum Gasteiger partial charge on any atom is 0.310 e. The number of esters is 1. The molecule has 23 heavy (non-hydrogen) atoms. The molecule has 1 aromatic rings. The van der Waals surface area contributed by atoms with Gasteiger partial charge in [0, 0.05) is 31.6 Å². The number of halogens is 1. The van der Waals surface area contributed by atoms with Gasteiger partial charge in [-0.3, -0.25) is 9.79 Å². The third kappa shape index (κ3) is 5.39. The minimum atomic E-state index is -0.0964. The summed E-state index contributed by atoms with van der Waals surface area (Å²) in [6.45, 7) is 4.66. The van der Waals surface area contributed by atoms with E-state index in [1.165, 1.54) is 4.88 Å². The summed E-state index contributed by atoms with van der Waals surface area (Å²) in [6.07, 6.45) is 2.77. The van der Waals surface area contributed by atoms with Crippen LogP contribution < -0.4 is 5.32 Å². The van der Waals surface area contributed by atoms with Gasteiger partial charge >= 0.3 is 5.97 Å². The number of aliphatic imine (C=N–C) groups is 1. The van der Waals surface area contributed by atoms with Crippen molar-refractivity contribution >= 4 is 34.9 Å². The first-order valence-electron chi connectivity index (χ1n) is 8.00. The number of hydrogen-bond donors (Lipinski definition) is 1. The zero-order valence-electron chi connectivity index (χ0n) is 13.7. The van der Waals surface area contributed by atoms with Crippen LogP contribution in [-0.4, -0.2) is 50.1 Å². The van der Waals surface area contributed by atoms with E-state index in [0.29, 0.717) is 13.2 Å². The van der Waals surface area contributed by atoms with E-state index in [9.17, 15) is 4.79 Å². The Morgan fingerprint density at radius 2 is 2.39 bits per heavy atom. The maximum atomic E-state index is 11.9. The monoisotopic (exact) mass is 357 g/mol. The lowest BCUT2D eigenvalue weighted by Crippen LogP contribution is -2.48. The van der Waals surface area contributed by atoms with Gasteiger partial charge in [-0.2, -0.15) is 0 Å². The number of piperidine rings is 1. The van der Waals surface area contributed by atoms with Crippen LogP contribution in [0.1, 0.15) is 24.6 Å². The van der Waals surface area contributed by atoms with E-state index in [0.717, 1.165) is 42.6 Å². The number of carbonyl (C=O) groups excluding carboxylic acids is 1. The molecular formula is C16H24ClN3O2S. The number of guanidine groups is 1. The van der Waals surface area contributed by atoms with Gasteiger partial charge in [-0.15, -0.1) is 11.3 Å². The first kappa shape index (κ1) is 18.1. The SMILES string of the molecule is CCOC(=O)C1CCCN(C(=NC)NCCc2ccc(Cl)s2)C1. The molecule has 0 radical (unpaired) electrons. The van der Waals surface area contributed by atoms with Crippen molar-refractivity contribution in [2.45, 2.75) is 26.2 Å². The summed E-state index contributed by atoms with van der Waals surface area (Å²) in [5.74, 6) is 0.695. The summed E-state index contributed by atoms with van der Waals surface area (Å²) in [5.41, 5.74) is 0. The fourth-order valence-corrected chi connectivity index (χ4v) is 3.82. The fourth-order valence-electron chi connectivity index (χ4n) is 2.74. The highest BCUT2D eigenvalue weighted by atomic mass is 35.5. The molecular weight excluding hydrogens is 334 g/mol. The Morgan fingerprint density at radius 3 is 3.04 bits per heavy atom. The van der Waals surface area contributed by atoms with E-state index < -0.39 is 0 Å². The third-order valence-corrected chi connectivity index (χ3v) is 5.13. The van der Waals surface area contributed by atoms with Gasteiger partial charge in [-0.25, -0.2) is 0 Å². The average molecular weight is 358 g/mol. The molecule has 0 saturated carbocycles. The quantitative estimate of drug-likeness (QED) is 0.500. The van der Waals surface area contributed by atoms with Crippen molar-refractivity contribution < 1.29 is 9.53 Å². The van der Waals surface area contributed by atoms with E-state index in [1.807, 2.05) is 13.0 Å². The number of likely N-dealkylation sites (tertiary alicyclic amines) is 1. The number of rotatable bonds is 5. The molecule has 0 aromatic carbocycles. The van der Waals surface area contributed by atoms with Crippen LogP contribution in [0.25, 0.3) is 0 Å². The third-order valence-electron chi connectivity index (χ3n) is 3.84. The summed E-state index contributed by atoms with van der Waals surface area (Å²) < 4.78 is 5.96. The van der Waals surface area contributed by atoms with Crippen molar-refractivity contribution in [2.24, 2.45) is 10.9 Å². The van der Waals surface area contributed by atoms with Gasteiger partial charge in [0.1, 0.15) is 0 Å². The number of thiophene rings is 1. The Bertz CT molecular complexity index is 547. The van der Waals surface area contributed by atoms with Crippen molar-refractivity contribution in [1.29, 1.82) is 0 Å². The number of ether oxygens (including phenoxy) is 1. The normalized spacial score (nSPS) is 18.8. The lowest BCUT2D eigenvalue weighted by atomic mass is 9.98. The molecule has 7 heteroatoms. The molecule has 5 nitrogen and oxygen atoms in total. The Labute approximate surface area is 146 Å². The molecule has 1 aromatic heterocycles. The van der Waals surface area contributed by atoms with Crippen molar-refractivity contribution in [3.05, 3.63) is 21.3 Å². The second-order valence-electron chi connectivity index (χ2n) is 5.47. The van der Waals surface area contributed by atoms with Crippen LogP contribution in [-0.2, 0) is 16.0 Å². The topological polar surface area (TPSA) is 53.9 Å². The van der Waals surface area contributed by atoms with Crippen molar-refractivity contribution in [1.82, 2.24) is 10.2 Å². The molecule has 1 unspecified atom stereocenters. The lowest BCUT2D eigenvalue weighted by Gasteiger charge is -2.33. The van der Waals surface area contributed by atoms with Crippen LogP contribution in [0.5, 0.6) is 0 Å². The molecule has 0 spiro atoms. The predicted octanol–water partition coefficient (Wildman–Crippen LogP) is 2.79. The highest BCUT2D eigenvalue weighted by Gasteiger charge is 2.28. The van der Waals surface area contributed by atoms with Gasteiger partial charge in [0.2, 0.25) is 0 Å². The Balaban J connectivity index is 1.83. The van der Waals surface area contributed by atoms with Crippen LogP contribution in [0, 0.1) is 5.92 Å². The summed E-state index contributed by atoms with van der Waals surface area (Å²) in [4.78, 5) is 19.7. The average Bonchev–Trinajstić information content (AvgIpc) is 2.97. The van der Waals surface area contributed by atoms with Gasteiger partial charge in [0.15, 0.2) is 5.96 Å². The highest BCUT2D eigenvalue weighted by molar-refractivity contribution is 7.16. The van der Waals surface area contributed by atoms with Crippen LogP contribution in [0.2, 0.25) is 4.34 Å². The molecule has 1 aliphatic heterocycles. The molecule has 1 atom stereocenters. The van der Waals surface area contributed by atoms with E-state index in [1.54, 1.807) is 18.4 Å². The molecule has 0 amide bonds. The molecule has 1 aliphatic rings. The number of hydrogen-bond acceptors (Lipinski definition) is 4. The summed E-state index contributed by atoms with van der Waals surface area (Å²) in [6, 6.07) is 3.97. The Hall–Kier alpha value is -1.27. The standard InChI is InChI=1S/C16H24ClN3O2S/c1-3-22-15(21)12-5-4-10-20(11-12)16(18-2)19-9-8-13-6-7-14(17)23-13/h6-7,12H,3-5,8-11H2,1-2H3,(H,18,19). The zero-order chi connectivity index (χ0) is 16.7. The number of nitrogens with zero attached hydrogens (tertiary/aromatic N) is 2. The van der Waals surface area contributed by atoms with Crippen LogP contribution in [0.3, 0.4) is 0 Å². The molecule has 0 bridgehead atoms. The van der Waals surface area contributed by atoms with E-state index in [2.05, 4.69) is 21.3 Å². The molecule has 1 N–H and O–H groups in total. The molecule has 2 heterocycles. The van der Waals surface area contributed by atoms with Crippen LogP contribution >= 0.6 is 22.9 Å². The minimum absolute atomic E-state index is 0.0571. The van der Waals surface area contributed by atoms with Crippen LogP contribution in [0.15, 0.2) is 17.1 Å². The molecule has 128 valence electrons. The zero-order valence-corrected chi connectivity index (χ0v) is 15.3. The van der Waals surface area contributed by atoms with Gasteiger partial charge in [0.05, 0.1) is 16.9 Å². The maximum absolute atomic E-state index is 11.9. The first-order chi connectivity index (χ1) is 11.1.